The van der Waals surface area contributed by atoms with Crippen molar-refractivity contribution < 1.29 is 14.3 Å². The number of hydrogen-bond acceptors (Lipinski definition) is 4. The second kappa shape index (κ2) is 11.3. The molecule has 0 saturated heterocycles. The fourth-order valence-electron chi connectivity index (χ4n) is 3.09. The SMILES string of the molecule is CCCCN(CC)CC(=O)NC(c1ccc(OC)cc1)c1ccc(OC)cc1. The van der Waals surface area contributed by atoms with E-state index in [1.807, 2.05) is 48.5 Å². The Labute approximate surface area is 168 Å². The van der Waals surface area contributed by atoms with Gasteiger partial charge in [-0.25, -0.2) is 0 Å². The minimum atomic E-state index is -0.228. The fourth-order valence-corrected chi connectivity index (χ4v) is 3.09. The first-order valence-corrected chi connectivity index (χ1v) is 9.90. The Morgan fingerprint density at radius 1 is 0.929 bits per heavy atom. The highest BCUT2D eigenvalue weighted by atomic mass is 16.5. The van der Waals surface area contributed by atoms with Crippen molar-refractivity contribution >= 4 is 5.91 Å². The van der Waals surface area contributed by atoms with Gasteiger partial charge in [-0.2, -0.15) is 0 Å². The zero-order valence-corrected chi connectivity index (χ0v) is 17.4. The molecule has 5 nitrogen and oxygen atoms in total. The maximum atomic E-state index is 12.8. The highest BCUT2D eigenvalue weighted by Crippen LogP contribution is 2.26. The summed E-state index contributed by atoms with van der Waals surface area (Å²) < 4.78 is 10.5. The third kappa shape index (κ3) is 6.27. The van der Waals surface area contributed by atoms with Gasteiger partial charge in [-0.05, 0) is 54.9 Å². The molecule has 0 bridgehead atoms. The number of rotatable bonds is 11. The van der Waals surface area contributed by atoms with Crippen LogP contribution in [0.4, 0.5) is 0 Å². The molecule has 0 aliphatic heterocycles. The number of unbranched alkanes of at least 4 members (excludes halogenated alkanes) is 1. The predicted molar refractivity (Wildman–Crippen MR) is 113 cm³/mol. The van der Waals surface area contributed by atoms with Crippen molar-refractivity contribution in [2.24, 2.45) is 0 Å². The fraction of sp³-hybridized carbons (Fsp3) is 0.435. The zero-order valence-electron chi connectivity index (χ0n) is 17.4. The summed E-state index contributed by atoms with van der Waals surface area (Å²) in [4.78, 5) is 15.0. The van der Waals surface area contributed by atoms with Gasteiger partial charge in [0.05, 0.1) is 26.8 Å². The largest absolute Gasteiger partial charge is 0.497 e. The summed E-state index contributed by atoms with van der Waals surface area (Å²) >= 11 is 0. The molecule has 28 heavy (non-hydrogen) atoms. The van der Waals surface area contributed by atoms with Crippen LogP contribution in [0.25, 0.3) is 0 Å². The smallest absolute Gasteiger partial charge is 0.234 e. The molecule has 2 rings (SSSR count). The van der Waals surface area contributed by atoms with E-state index in [1.165, 1.54) is 0 Å². The molecule has 1 amide bonds. The number of carbonyl (C=O) groups is 1. The van der Waals surface area contributed by atoms with Gasteiger partial charge < -0.3 is 14.8 Å². The maximum Gasteiger partial charge on any atom is 0.234 e. The molecular formula is C23H32N2O3. The van der Waals surface area contributed by atoms with Gasteiger partial charge in [0, 0.05) is 0 Å². The van der Waals surface area contributed by atoms with Gasteiger partial charge in [-0.15, -0.1) is 0 Å². The zero-order chi connectivity index (χ0) is 20.4. The average Bonchev–Trinajstić information content (AvgIpc) is 2.75. The third-order valence-corrected chi connectivity index (χ3v) is 4.85. The summed E-state index contributed by atoms with van der Waals surface area (Å²) in [6.45, 7) is 6.46. The minimum absolute atomic E-state index is 0.0228. The maximum absolute atomic E-state index is 12.8. The predicted octanol–water partition coefficient (Wildman–Crippen LogP) is 4.03. The molecule has 152 valence electrons. The van der Waals surface area contributed by atoms with Crippen LogP contribution in [0, 0.1) is 0 Å². The Balaban J connectivity index is 2.20. The van der Waals surface area contributed by atoms with E-state index in [0.29, 0.717) is 6.54 Å². The Morgan fingerprint density at radius 3 is 1.82 bits per heavy atom. The summed E-state index contributed by atoms with van der Waals surface area (Å²) in [5.74, 6) is 1.61. The van der Waals surface area contributed by atoms with Crippen LogP contribution in [-0.2, 0) is 4.79 Å². The van der Waals surface area contributed by atoms with Gasteiger partial charge in [0.25, 0.3) is 0 Å². The van der Waals surface area contributed by atoms with Crippen LogP contribution >= 0.6 is 0 Å². The van der Waals surface area contributed by atoms with Crippen molar-refractivity contribution in [1.29, 1.82) is 0 Å². The van der Waals surface area contributed by atoms with Crippen molar-refractivity contribution in [1.82, 2.24) is 10.2 Å². The first-order chi connectivity index (χ1) is 13.6. The van der Waals surface area contributed by atoms with Crippen LogP contribution in [0.3, 0.4) is 0 Å². The molecule has 1 N–H and O–H groups in total. The van der Waals surface area contributed by atoms with Crippen LogP contribution in [0.15, 0.2) is 48.5 Å². The quantitative estimate of drug-likeness (QED) is 0.635. The minimum Gasteiger partial charge on any atom is -0.497 e. The summed E-state index contributed by atoms with van der Waals surface area (Å²) in [5, 5.41) is 3.20. The monoisotopic (exact) mass is 384 g/mol. The molecule has 2 aromatic carbocycles. The Hall–Kier alpha value is -2.53. The summed E-state index contributed by atoms with van der Waals surface area (Å²) in [7, 11) is 3.29. The standard InChI is InChI=1S/C23H32N2O3/c1-5-7-16-25(6-2)17-22(26)24-23(18-8-12-20(27-3)13-9-18)19-10-14-21(28-4)15-11-19/h8-15,23H,5-7,16-17H2,1-4H3,(H,24,26). The topological polar surface area (TPSA) is 50.8 Å². The van der Waals surface area contributed by atoms with Crippen molar-refractivity contribution in [3.8, 4) is 11.5 Å². The van der Waals surface area contributed by atoms with Gasteiger partial charge in [-0.1, -0.05) is 44.5 Å². The lowest BCUT2D eigenvalue weighted by atomic mass is 9.98. The molecule has 0 spiro atoms. The molecular weight excluding hydrogens is 352 g/mol. The van der Waals surface area contributed by atoms with Gasteiger partial charge in [0.15, 0.2) is 0 Å². The van der Waals surface area contributed by atoms with E-state index in [2.05, 4.69) is 24.1 Å². The van der Waals surface area contributed by atoms with Crippen molar-refractivity contribution in [2.45, 2.75) is 32.7 Å². The van der Waals surface area contributed by atoms with E-state index in [9.17, 15) is 4.79 Å². The van der Waals surface area contributed by atoms with Crippen LogP contribution in [-0.4, -0.2) is 44.7 Å². The van der Waals surface area contributed by atoms with Crippen LogP contribution < -0.4 is 14.8 Å². The van der Waals surface area contributed by atoms with Crippen LogP contribution in [0.1, 0.15) is 43.9 Å². The number of amides is 1. The van der Waals surface area contributed by atoms with Crippen LogP contribution in [0.2, 0.25) is 0 Å². The van der Waals surface area contributed by atoms with Crippen molar-refractivity contribution in [3.05, 3.63) is 59.7 Å². The molecule has 0 aliphatic rings. The number of likely N-dealkylation sites (N-methyl/N-ethyl adjacent to an activating group) is 1. The van der Waals surface area contributed by atoms with E-state index in [4.69, 9.17) is 9.47 Å². The molecule has 2 aromatic rings. The van der Waals surface area contributed by atoms with Crippen molar-refractivity contribution in [2.75, 3.05) is 33.9 Å². The van der Waals surface area contributed by atoms with Gasteiger partial charge in [-0.3, -0.25) is 9.69 Å². The van der Waals surface area contributed by atoms with E-state index in [0.717, 1.165) is 48.6 Å². The molecule has 0 unspecified atom stereocenters. The number of nitrogens with one attached hydrogen (secondary N) is 1. The van der Waals surface area contributed by atoms with Gasteiger partial charge >= 0.3 is 0 Å². The first kappa shape index (κ1) is 21.8. The lowest BCUT2D eigenvalue weighted by Crippen LogP contribution is -2.39. The summed E-state index contributed by atoms with van der Waals surface area (Å²) in [6, 6.07) is 15.4. The van der Waals surface area contributed by atoms with E-state index < -0.39 is 0 Å². The molecule has 0 aliphatic carbocycles. The number of carbonyl (C=O) groups excluding carboxylic acids is 1. The van der Waals surface area contributed by atoms with Crippen molar-refractivity contribution in [3.63, 3.8) is 0 Å². The lowest BCUT2D eigenvalue weighted by molar-refractivity contribution is -0.122. The normalized spacial score (nSPS) is 10.9. The van der Waals surface area contributed by atoms with Gasteiger partial charge in [0.2, 0.25) is 5.91 Å². The molecule has 0 atom stereocenters. The summed E-state index contributed by atoms with van der Waals surface area (Å²) in [6.07, 6.45) is 2.22. The van der Waals surface area contributed by atoms with E-state index >= 15 is 0 Å². The lowest BCUT2D eigenvalue weighted by Gasteiger charge is -2.24. The molecule has 0 saturated carbocycles. The third-order valence-electron chi connectivity index (χ3n) is 4.85. The highest BCUT2D eigenvalue weighted by Gasteiger charge is 2.18. The highest BCUT2D eigenvalue weighted by molar-refractivity contribution is 5.79. The van der Waals surface area contributed by atoms with Crippen LogP contribution in [0.5, 0.6) is 11.5 Å². The number of benzene rings is 2. The number of hydrogen-bond donors (Lipinski definition) is 1. The first-order valence-electron chi connectivity index (χ1n) is 9.90. The molecule has 0 fully saturated rings. The van der Waals surface area contributed by atoms with E-state index in [-0.39, 0.29) is 11.9 Å². The number of methoxy groups -OCH3 is 2. The molecule has 0 aromatic heterocycles. The van der Waals surface area contributed by atoms with Gasteiger partial charge in [0.1, 0.15) is 11.5 Å². The Kier molecular flexibility index (Phi) is 8.82. The molecule has 0 radical (unpaired) electrons. The Bertz CT molecular complexity index is 666. The van der Waals surface area contributed by atoms with E-state index in [1.54, 1.807) is 14.2 Å². The second-order valence-corrected chi connectivity index (χ2v) is 6.77. The number of nitrogens with zero attached hydrogens (tertiary/aromatic N) is 1. The second-order valence-electron chi connectivity index (χ2n) is 6.77. The average molecular weight is 385 g/mol. The summed E-state index contributed by atoms with van der Waals surface area (Å²) in [5.41, 5.74) is 2.02. The number of ether oxygens (including phenoxy) is 2. The Morgan fingerprint density at radius 2 is 1.43 bits per heavy atom. The molecule has 5 heteroatoms. The molecule has 0 heterocycles.